The Morgan fingerprint density at radius 2 is 1.35 bits per heavy atom. The first-order valence-electron chi connectivity index (χ1n) is 12.9. The summed E-state index contributed by atoms with van der Waals surface area (Å²) in [5.41, 5.74) is 12.3. The van der Waals surface area contributed by atoms with Crippen molar-refractivity contribution in [3.63, 3.8) is 0 Å². The third kappa shape index (κ3) is 5.65. The second kappa shape index (κ2) is 11.2. The third-order valence-electron chi connectivity index (χ3n) is 7.66. The molecule has 4 heteroatoms. The molecule has 0 radical (unpaired) electrons. The third-order valence-corrected chi connectivity index (χ3v) is 16.7. The van der Waals surface area contributed by atoms with Crippen molar-refractivity contribution in [3.05, 3.63) is 96.5 Å². The van der Waals surface area contributed by atoms with Crippen LogP contribution in [-0.4, -0.2) is 3.21 Å². The SMILES string of the molecule is C[C](C)=[Zr+2]([C]1=C(c2ccsc2)C=CC1)[CH]1c2cc(C(C)(C)C)ccc2-c2ccc(C(C)(C)C)cc21.[Cl-].[Cl-]. The van der Waals surface area contributed by atoms with Gasteiger partial charge in [-0.3, -0.25) is 0 Å². The predicted molar refractivity (Wildman–Crippen MR) is 152 cm³/mol. The summed E-state index contributed by atoms with van der Waals surface area (Å²) in [5, 5.41) is 4.56. The molecule has 0 aliphatic heterocycles. The molecule has 0 fully saturated rings. The molecule has 2 aliphatic rings. The molecular weight excluding hydrogens is 591 g/mol. The Kier molecular flexibility index (Phi) is 9.24. The van der Waals surface area contributed by atoms with Gasteiger partial charge in [-0.15, -0.1) is 0 Å². The largest absolute Gasteiger partial charge is 1.00 e. The van der Waals surface area contributed by atoms with Gasteiger partial charge in [-0.05, 0) is 0 Å². The van der Waals surface area contributed by atoms with E-state index in [1.807, 2.05) is 11.3 Å². The van der Waals surface area contributed by atoms with E-state index in [1.165, 1.54) is 33.4 Å². The minimum Gasteiger partial charge on any atom is -1.00 e. The molecule has 0 saturated heterocycles. The number of allylic oxidation sites excluding steroid dienone is 4. The van der Waals surface area contributed by atoms with Crippen LogP contribution in [0.25, 0.3) is 16.7 Å². The number of halogens is 2. The molecule has 5 rings (SSSR count). The minimum atomic E-state index is -2.28. The first kappa shape index (κ1) is 30.5. The summed E-state index contributed by atoms with van der Waals surface area (Å²) in [4.78, 5) is 0. The van der Waals surface area contributed by atoms with Crippen LogP contribution in [0.5, 0.6) is 0 Å². The van der Waals surface area contributed by atoms with Gasteiger partial charge in [-0.25, -0.2) is 0 Å². The second-order valence-corrected chi connectivity index (χ2v) is 20.6. The van der Waals surface area contributed by atoms with Crippen molar-refractivity contribution < 1.29 is 46.1 Å². The van der Waals surface area contributed by atoms with Gasteiger partial charge in [0.25, 0.3) is 0 Å². The van der Waals surface area contributed by atoms with Crippen molar-refractivity contribution in [2.75, 3.05) is 0 Å². The van der Waals surface area contributed by atoms with Crippen LogP contribution >= 0.6 is 11.3 Å². The van der Waals surface area contributed by atoms with Crippen molar-refractivity contribution in [2.45, 2.75) is 76.3 Å². The van der Waals surface area contributed by atoms with Crippen LogP contribution in [0.2, 0.25) is 0 Å². The van der Waals surface area contributed by atoms with E-state index in [0.29, 0.717) is 3.63 Å². The van der Waals surface area contributed by atoms with Crippen molar-refractivity contribution in [1.82, 2.24) is 0 Å². The van der Waals surface area contributed by atoms with Gasteiger partial charge in [0.05, 0.1) is 0 Å². The number of benzene rings is 2. The van der Waals surface area contributed by atoms with Gasteiger partial charge in [-0.1, -0.05) is 0 Å². The predicted octanol–water partition coefficient (Wildman–Crippen LogP) is 3.62. The number of thiophene rings is 1. The van der Waals surface area contributed by atoms with Crippen molar-refractivity contribution in [1.29, 1.82) is 0 Å². The molecule has 0 spiro atoms. The molecule has 37 heavy (non-hydrogen) atoms. The fourth-order valence-electron chi connectivity index (χ4n) is 5.72. The maximum atomic E-state index is 2.58. The van der Waals surface area contributed by atoms with Gasteiger partial charge >= 0.3 is 225 Å². The van der Waals surface area contributed by atoms with Gasteiger partial charge in [-0.2, -0.15) is 0 Å². The quantitative estimate of drug-likeness (QED) is 0.416. The van der Waals surface area contributed by atoms with Gasteiger partial charge in [0.15, 0.2) is 0 Å². The second-order valence-electron chi connectivity index (χ2n) is 12.5. The molecule has 1 aromatic heterocycles. The van der Waals surface area contributed by atoms with E-state index in [-0.39, 0.29) is 35.6 Å². The molecule has 3 aromatic rings. The molecule has 1 heterocycles. The zero-order valence-corrected chi connectivity index (χ0v) is 28.1. The van der Waals surface area contributed by atoms with Crippen LogP contribution in [0.15, 0.2) is 68.7 Å². The molecule has 0 atom stereocenters. The average molecular weight is 629 g/mol. The van der Waals surface area contributed by atoms with Crippen LogP contribution < -0.4 is 24.8 Å². The summed E-state index contributed by atoms with van der Waals surface area (Å²) >= 11 is -0.467. The molecule has 0 amide bonds. The molecule has 2 aliphatic carbocycles. The van der Waals surface area contributed by atoms with Crippen LogP contribution in [-0.2, 0) is 32.1 Å². The Bertz CT molecular complexity index is 1330. The van der Waals surface area contributed by atoms with Crippen LogP contribution in [0, 0.1) is 0 Å². The van der Waals surface area contributed by atoms with Crippen LogP contribution in [0.1, 0.15) is 93.3 Å². The van der Waals surface area contributed by atoms with Crippen LogP contribution in [0.3, 0.4) is 0 Å². The Hall–Kier alpha value is -1.05. The Morgan fingerprint density at radius 3 is 1.78 bits per heavy atom. The summed E-state index contributed by atoms with van der Waals surface area (Å²) < 4.78 is 4.02. The van der Waals surface area contributed by atoms with Gasteiger partial charge < -0.3 is 24.8 Å². The van der Waals surface area contributed by atoms with E-state index in [0.717, 1.165) is 6.42 Å². The zero-order valence-electron chi connectivity index (χ0n) is 23.3. The maximum Gasteiger partial charge on any atom is -1.00 e. The molecule has 2 aromatic carbocycles. The summed E-state index contributed by atoms with van der Waals surface area (Å²) in [6, 6.07) is 17.1. The molecule has 0 saturated carbocycles. The minimum absolute atomic E-state index is 0. The number of hydrogen-bond donors (Lipinski definition) is 0. The fraction of sp³-hybridized carbons (Fsp3) is 0.364. The summed E-state index contributed by atoms with van der Waals surface area (Å²) in [5.74, 6) is 0. The topological polar surface area (TPSA) is 0 Å². The molecule has 194 valence electrons. The van der Waals surface area contributed by atoms with E-state index in [2.05, 4.69) is 121 Å². The summed E-state index contributed by atoms with van der Waals surface area (Å²) in [7, 11) is 0. The van der Waals surface area contributed by atoms with Crippen molar-refractivity contribution in [3.8, 4) is 11.1 Å². The van der Waals surface area contributed by atoms with Gasteiger partial charge in [0, 0.05) is 0 Å². The molecular formula is C33H38Cl2SZr. The van der Waals surface area contributed by atoms with Crippen molar-refractivity contribution >= 4 is 20.1 Å². The monoisotopic (exact) mass is 626 g/mol. The molecule has 0 nitrogen and oxygen atoms in total. The molecule has 0 unspecified atom stereocenters. The zero-order chi connectivity index (χ0) is 25.1. The van der Waals surface area contributed by atoms with Crippen LogP contribution in [0.4, 0.5) is 0 Å². The molecule has 0 bridgehead atoms. The summed E-state index contributed by atoms with van der Waals surface area (Å²) in [6.45, 7) is 18.9. The van der Waals surface area contributed by atoms with E-state index in [1.54, 1.807) is 17.6 Å². The van der Waals surface area contributed by atoms with E-state index < -0.39 is 21.3 Å². The van der Waals surface area contributed by atoms with Crippen molar-refractivity contribution in [2.24, 2.45) is 0 Å². The Morgan fingerprint density at radius 1 is 0.811 bits per heavy atom. The number of rotatable bonds is 3. The standard InChI is InChI=1S/C21H25.C9H7S.C3H6.2ClH.Zr/c1-20(2,3)16-7-9-18-14(12-16)11-15-13-17(21(4,5)6)8-10-19(15)18;1-2-4-8(3-1)9-5-6-10-7-9;1-3-2;;;/h7-13H,1-6H3;1,3,5-7H,2H2;1-2H3;2*1H;/q;;;;;+2/p-2. The number of fused-ring (bicyclic) bond motifs is 3. The smallest absolute Gasteiger partial charge is 1.00 e. The van der Waals surface area contributed by atoms with E-state index >= 15 is 0 Å². The Labute approximate surface area is 248 Å². The Balaban J connectivity index is 0.00000190. The first-order chi connectivity index (χ1) is 16.5. The van der Waals surface area contributed by atoms with Gasteiger partial charge in [0.2, 0.25) is 0 Å². The average Bonchev–Trinajstić information content (AvgIpc) is 3.51. The summed E-state index contributed by atoms with van der Waals surface area (Å²) in [6.07, 6.45) is 5.96. The fourth-order valence-corrected chi connectivity index (χ4v) is 14.9. The van der Waals surface area contributed by atoms with E-state index in [4.69, 9.17) is 0 Å². The molecule has 0 N–H and O–H groups in total. The first-order valence-corrected chi connectivity index (χ1v) is 17.7. The van der Waals surface area contributed by atoms with Gasteiger partial charge in [0.1, 0.15) is 0 Å². The number of hydrogen-bond acceptors (Lipinski definition) is 1. The normalized spacial score (nSPS) is 14.5. The maximum absolute atomic E-state index is 2.58. The van der Waals surface area contributed by atoms with E-state index in [9.17, 15) is 0 Å².